The summed E-state index contributed by atoms with van der Waals surface area (Å²) in [7, 11) is -0.681. The SMILES string of the molecule is COc1ccc(C=CS(=O)(=O)Nc2cnc3c(-c4nnc(C)s4)c(=O)n(C)n3c2)cc1. The lowest BCUT2D eigenvalue weighted by Crippen LogP contribution is -2.16. The Kier molecular flexibility index (Phi) is 5.33. The van der Waals surface area contributed by atoms with Crippen molar-refractivity contribution in [1.29, 1.82) is 0 Å². The van der Waals surface area contributed by atoms with E-state index in [1.807, 2.05) is 0 Å². The third-order valence-corrected chi connectivity index (χ3v) is 6.29. The normalized spacial score (nSPS) is 12.0. The maximum atomic E-state index is 12.7. The van der Waals surface area contributed by atoms with Gasteiger partial charge in [0.2, 0.25) is 0 Å². The number of hydrogen-bond donors (Lipinski definition) is 1. The Morgan fingerprint density at radius 1 is 1.19 bits per heavy atom. The van der Waals surface area contributed by atoms with Crippen molar-refractivity contribution in [3.05, 3.63) is 63.0 Å². The molecule has 0 aliphatic carbocycles. The van der Waals surface area contributed by atoms with Gasteiger partial charge in [0.05, 0.1) is 30.6 Å². The standard InChI is InChI=1S/C19H18N6O4S2/c1-12-21-22-18(30-12)16-17-20-10-14(11-25(17)24(2)19(16)26)23-31(27,28)9-8-13-4-6-15(29-3)7-5-13/h4-11,23H,1-3H3. The molecule has 3 heterocycles. The lowest BCUT2D eigenvalue weighted by Gasteiger charge is -2.06. The smallest absolute Gasteiger partial charge is 0.279 e. The van der Waals surface area contributed by atoms with Crippen molar-refractivity contribution in [3.63, 3.8) is 0 Å². The Morgan fingerprint density at radius 3 is 2.58 bits per heavy atom. The molecule has 0 aliphatic rings. The van der Waals surface area contributed by atoms with Gasteiger partial charge in [0.25, 0.3) is 15.6 Å². The van der Waals surface area contributed by atoms with Crippen LogP contribution in [0.3, 0.4) is 0 Å². The molecule has 0 amide bonds. The van der Waals surface area contributed by atoms with Crippen molar-refractivity contribution >= 4 is 38.8 Å². The van der Waals surface area contributed by atoms with E-state index in [-0.39, 0.29) is 11.2 Å². The quantitative estimate of drug-likeness (QED) is 0.470. The van der Waals surface area contributed by atoms with Gasteiger partial charge in [-0.2, -0.15) is 0 Å². The van der Waals surface area contributed by atoms with Crippen LogP contribution in [0.25, 0.3) is 22.3 Å². The van der Waals surface area contributed by atoms with E-state index in [0.717, 1.165) is 10.4 Å². The Balaban J connectivity index is 1.63. The monoisotopic (exact) mass is 458 g/mol. The van der Waals surface area contributed by atoms with Crippen LogP contribution in [0.15, 0.2) is 46.9 Å². The molecule has 31 heavy (non-hydrogen) atoms. The van der Waals surface area contributed by atoms with Gasteiger partial charge in [-0.15, -0.1) is 10.2 Å². The average Bonchev–Trinajstić information content (AvgIpc) is 3.28. The predicted molar refractivity (Wildman–Crippen MR) is 119 cm³/mol. The number of ether oxygens (including phenoxy) is 1. The number of nitrogens with one attached hydrogen (secondary N) is 1. The highest BCUT2D eigenvalue weighted by Crippen LogP contribution is 2.24. The van der Waals surface area contributed by atoms with E-state index in [4.69, 9.17) is 4.74 Å². The highest BCUT2D eigenvalue weighted by atomic mass is 32.2. The lowest BCUT2D eigenvalue weighted by atomic mass is 10.2. The minimum absolute atomic E-state index is 0.206. The van der Waals surface area contributed by atoms with E-state index < -0.39 is 10.0 Å². The number of anilines is 1. The van der Waals surface area contributed by atoms with E-state index in [0.29, 0.717) is 27.5 Å². The molecule has 1 aromatic carbocycles. The van der Waals surface area contributed by atoms with Gasteiger partial charge in [-0.3, -0.25) is 9.52 Å². The first-order valence-electron chi connectivity index (χ1n) is 9.00. The van der Waals surface area contributed by atoms with Crippen molar-refractivity contribution in [2.45, 2.75) is 6.92 Å². The number of benzene rings is 1. The van der Waals surface area contributed by atoms with Crippen LogP contribution in [-0.2, 0) is 17.1 Å². The molecule has 0 saturated heterocycles. The minimum atomic E-state index is -3.80. The van der Waals surface area contributed by atoms with Crippen molar-refractivity contribution in [3.8, 4) is 16.3 Å². The van der Waals surface area contributed by atoms with Crippen LogP contribution >= 0.6 is 11.3 Å². The van der Waals surface area contributed by atoms with Crippen LogP contribution in [0.1, 0.15) is 10.6 Å². The highest BCUT2D eigenvalue weighted by molar-refractivity contribution is 7.95. The molecule has 12 heteroatoms. The number of sulfonamides is 1. The molecule has 0 bridgehead atoms. The van der Waals surface area contributed by atoms with Crippen LogP contribution in [0.4, 0.5) is 5.69 Å². The van der Waals surface area contributed by atoms with Gasteiger partial charge in [0.15, 0.2) is 10.7 Å². The number of hydrogen-bond acceptors (Lipinski definition) is 8. The summed E-state index contributed by atoms with van der Waals surface area (Å²) >= 11 is 1.29. The van der Waals surface area contributed by atoms with E-state index >= 15 is 0 Å². The van der Waals surface area contributed by atoms with Gasteiger partial charge in [0.1, 0.15) is 16.3 Å². The summed E-state index contributed by atoms with van der Waals surface area (Å²) in [6.07, 6.45) is 4.31. The van der Waals surface area contributed by atoms with Gasteiger partial charge < -0.3 is 4.74 Å². The van der Waals surface area contributed by atoms with Crippen molar-refractivity contribution < 1.29 is 13.2 Å². The zero-order chi connectivity index (χ0) is 22.2. The van der Waals surface area contributed by atoms with E-state index in [1.165, 1.54) is 39.0 Å². The van der Waals surface area contributed by atoms with E-state index in [2.05, 4.69) is 19.9 Å². The molecule has 0 atom stereocenters. The molecule has 0 aliphatic heterocycles. The Bertz CT molecular complexity index is 1450. The number of rotatable bonds is 6. The summed E-state index contributed by atoms with van der Waals surface area (Å²) in [5.41, 5.74) is 1.28. The molecule has 3 aromatic heterocycles. The Morgan fingerprint density at radius 2 is 1.94 bits per heavy atom. The first-order chi connectivity index (χ1) is 14.8. The van der Waals surface area contributed by atoms with Crippen LogP contribution in [0.5, 0.6) is 5.75 Å². The largest absolute Gasteiger partial charge is 0.497 e. The Hall–Kier alpha value is -3.51. The number of fused-ring (bicyclic) bond motifs is 1. The van der Waals surface area contributed by atoms with E-state index in [9.17, 15) is 13.2 Å². The second-order valence-corrected chi connectivity index (χ2v) is 9.31. The summed E-state index contributed by atoms with van der Waals surface area (Å²) in [6, 6.07) is 6.96. The van der Waals surface area contributed by atoms with Crippen molar-refractivity contribution in [2.75, 3.05) is 11.8 Å². The molecule has 10 nitrogen and oxygen atoms in total. The van der Waals surface area contributed by atoms with E-state index in [1.54, 1.807) is 45.3 Å². The fraction of sp³-hybridized carbons (Fsp3) is 0.158. The first-order valence-corrected chi connectivity index (χ1v) is 11.4. The molecule has 160 valence electrons. The summed E-state index contributed by atoms with van der Waals surface area (Å²) in [4.78, 5) is 17.0. The molecule has 0 radical (unpaired) electrons. The summed E-state index contributed by atoms with van der Waals surface area (Å²) in [5, 5.41) is 10.2. The van der Waals surface area contributed by atoms with Crippen LogP contribution in [-0.4, -0.2) is 39.9 Å². The van der Waals surface area contributed by atoms with Crippen molar-refractivity contribution in [2.24, 2.45) is 7.05 Å². The fourth-order valence-electron chi connectivity index (χ4n) is 2.90. The Labute approximate surface area is 181 Å². The lowest BCUT2D eigenvalue weighted by molar-refractivity contribution is 0.415. The van der Waals surface area contributed by atoms with Gasteiger partial charge >= 0.3 is 0 Å². The summed E-state index contributed by atoms with van der Waals surface area (Å²) in [5.74, 6) is 0.679. The third kappa shape index (κ3) is 4.20. The minimum Gasteiger partial charge on any atom is -0.497 e. The van der Waals surface area contributed by atoms with Gasteiger partial charge in [-0.25, -0.2) is 22.6 Å². The van der Waals surface area contributed by atoms with Crippen molar-refractivity contribution in [1.82, 2.24) is 24.4 Å². The number of nitrogens with zero attached hydrogens (tertiary/aromatic N) is 5. The summed E-state index contributed by atoms with van der Waals surface area (Å²) < 4.78 is 35.3. The molecule has 4 rings (SSSR count). The highest BCUT2D eigenvalue weighted by Gasteiger charge is 2.20. The topological polar surface area (TPSA) is 120 Å². The van der Waals surface area contributed by atoms with Crippen LogP contribution in [0, 0.1) is 6.92 Å². The van der Waals surface area contributed by atoms with Crippen LogP contribution in [0.2, 0.25) is 0 Å². The molecule has 0 saturated carbocycles. The van der Waals surface area contributed by atoms with Gasteiger partial charge in [-0.1, -0.05) is 23.5 Å². The molecule has 4 aromatic rings. The second kappa shape index (κ2) is 7.96. The molecule has 0 spiro atoms. The van der Waals surface area contributed by atoms with Crippen LogP contribution < -0.4 is 15.0 Å². The number of aromatic nitrogens is 5. The third-order valence-electron chi connectivity index (χ3n) is 4.41. The molecular weight excluding hydrogens is 440 g/mol. The number of methoxy groups -OCH3 is 1. The first kappa shape index (κ1) is 20.8. The number of aryl methyl sites for hydroxylation is 2. The molecule has 0 unspecified atom stereocenters. The zero-order valence-corrected chi connectivity index (χ0v) is 18.4. The average molecular weight is 459 g/mol. The maximum Gasteiger partial charge on any atom is 0.279 e. The molecular formula is C19H18N6O4S2. The van der Waals surface area contributed by atoms with Gasteiger partial charge in [-0.05, 0) is 30.7 Å². The maximum absolute atomic E-state index is 12.7. The summed E-state index contributed by atoms with van der Waals surface area (Å²) in [6.45, 7) is 1.80. The zero-order valence-electron chi connectivity index (χ0n) is 16.8. The van der Waals surface area contributed by atoms with Gasteiger partial charge in [0, 0.05) is 7.05 Å². The fourth-order valence-corrected chi connectivity index (χ4v) is 4.46. The predicted octanol–water partition coefficient (Wildman–Crippen LogP) is 2.28. The molecule has 0 fully saturated rings. The second-order valence-electron chi connectivity index (χ2n) is 6.56. The molecule has 1 N–H and O–H groups in total.